The molecule has 2 N–H and O–H groups in total. The molecular formula is C16H22ClNO3. The van der Waals surface area contributed by atoms with Crippen LogP contribution in [0.3, 0.4) is 0 Å². The van der Waals surface area contributed by atoms with E-state index < -0.39 is 12.2 Å². The Morgan fingerprint density at radius 1 is 1.38 bits per heavy atom. The normalized spacial score (nSPS) is 18.3. The van der Waals surface area contributed by atoms with E-state index in [1.165, 1.54) is 12.8 Å². The van der Waals surface area contributed by atoms with E-state index in [1.54, 1.807) is 32.0 Å². The predicted molar refractivity (Wildman–Crippen MR) is 82.6 cm³/mol. The molecule has 0 bridgehead atoms. The number of carbonyl (C=O) groups is 1. The third kappa shape index (κ3) is 4.35. The molecule has 2 atom stereocenters. The maximum absolute atomic E-state index is 12.1. The molecule has 5 heteroatoms. The van der Waals surface area contributed by atoms with Crippen molar-refractivity contribution in [1.29, 1.82) is 0 Å². The number of amides is 1. The largest absolute Gasteiger partial charge is 0.479 e. The summed E-state index contributed by atoms with van der Waals surface area (Å²) >= 11 is 6.12. The summed E-state index contributed by atoms with van der Waals surface area (Å²) in [5, 5.41) is 12.9. The fraction of sp³-hybridized carbons (Fsp3) is 0.562. The molecule has 1 aliphatic rings. The van der Waals surface area contributed by atoms with Gasteiger partial charge in [0.15, 0.2) is 6.10 Å². The van der Waals surface area contributed by atoms with Crippen molar-refractivity contribution in [3.63, 3.8) is 0 Å². The molecule has 1 amide bonds. The summed E-state index contributed by atoms with van der Waals surface area (Å²) < 4.78 is 5.63. The predicted octanol–water partition coefficient (Wildman–Crippen LogP) is 3.22. The Labute approximate surface area is 130 Å². The van der Waals surface area contributed by atoms with Crippen molar-refractivity contribution in [3.05, 3.63) is 28.8 Å². The number of ether oxygens (including phenoxy) is 1. The number of hydrogen-bond donors (Lipinski definition) is 2. The van der Waals surface area contributed by atoms with Gasteiger partial charge in [-0.15, -0.1) is 0 Å². The third-order valence-corrected chi connectivity index (χ3v) is 4.11. The van der Waals surface area contributed by atoms with Crippen LogP contribution < -0.4 is 10.1 Å². The van der Waals surface area contributed by atoms with Gasteiger partial charge in [-0.25, -0.2) is 0 Å². The van der Waals surface area contributed by atoms with Gasteiger partial charge in [-0.2, -0.15) is 0 Å². The van der Waals surface area contributed by atoms with Crippen molar-refractivity contribution in [2.75, 3.05) is 0 Å². The number of hydrogen-bond acceptors (Lipinski definition) is 3. The van der Waals surface area contributed by atoms with E-state index in [1.807, 2.05) is 0 Å². The van der Waals surface area contributed by atoms with Crippen LogP contribution in [0, 0.1) is 0 Å². The molecule has 1 aliphatic carbocycles. The zero-order valence-electron chi connectivity index (χ0n) is 12.4. The van der Waals surface area contributed by atoms with Crippen molar-refractivity contribution in [1.82, 2.24) is 5.32 Å². The van der Waals surface area contributed by atoms with Crippen molar-refractivity contribution in [2.24, 2.45) is 0 Å². The Hall–Kier alpha value is -1.26. The van der Waals surface area contributed by atoms with Gasteiger partial charge in [-0.05, 0) is 44.4 Å². The second-order valence-corrected chi connectivity index (χ2v) is 6.02. The Kier molecular flexibility index (Phi) is 5.48. The summed E-state index contributed by atoms with van der Waals surface area (Å²) in [6, 6.07) is 5.36. The lowest BCUT2D eigenvalue weighted by molar-refractivity contribution is -0.127. The second kappa shape index (κ2) is 7.14. The zero-order valence-corrected chi connectivity index (χ0v) is 13.2. The smallest absolute Gasteiger partial charge is 0.260 e. The van der Waals surface area contributed by atoms with Crippen molar-refractivity contribution >= 4 is 17.5 Å². The molecule has 0 heterocycles. The summed E-state index contributed by atoms with van der Waals surface area (Å²) in [6.45, 7) is 3.38. The average molecular weight is 312 g/mol. The molecule has 0 aliphatic heterocycles. The van der Waals surface area contributed by atoms with Crippen LogP contribution in [0.5, 0.6) is 5.75 Å². The van der Waals surface area contributed by atoms with E-state index in [-0.39, 0.29) is 11.9 Å². The highest BCUT2D eigenvalue weighted by atomic mass is 35.5. The van der Waals surface area contributed by atoms with Crippen LogP contribution in [0.1, 0.15) is 51.2 Å². The number of aliphatic hydroxyl groups is 1. The number of benzene rings is 1. The first kappa shape index (κ1) is 16.1. The lowest BCUT2D eigenvalue weighted by Crippen LogP contribution is -2.41. The molecule has 0 aromatic heterocycles. The first-order valence-corrected chi connectivity index (χ1v) is 7.79. The SMILES string of the molecule is CC(Oc1ccc([C@H](C)O)cc1Cl)C(=O)NC1CCCC1. The molecule has 21 heavy (non-hydrogen) atoms. The van der Waals surface area contributed by atoms with Gasteiger partial charge in [0.1, 0.15) is 5.75 Å². The summed E-state index contributed by atoms with van der Waals surface area (Å²) in [7, 11) is 0. The van der Waals surface area contributed by atoms with Crippen LogP contribution in [-0.2, 0) is 4.79 Å². The van der Waals surface area contributed by atoms with Crippen LogP contribution in [0.25, 0.3) is 0 Å². The van der Waals surface area contributed by atoms with Crippen molar-refractivity contribution in [2.45, 2.75) is 57.8 Å². The topological polar surface area (TPSA) is 58.6 Å². The van der Waals surface area contributed by atoms with Crippen molar-refractivity contribution < 1.29 is 14.6 Å². The minimum absolute atomic E-state index is 0.113. The molecule has 1 aromatic carbocycles. The van der Waals surface area contributed by atoms with Gasteiger partial charge in [0.2, 0.25) is 0 Å². The van der Waals surface area contributed by atoms with Gasteiger partial charge in [0.05, 0.1) is 11.1 Å². The Morgan fingerprint density at radius 3 is 2.62 bits per heavy atom. The maximum Gasteiger partial charge on any atom is 0.260 e. The summed E-state index contributed by atoms with van der Waals surface area (Å²) in [5.74, 6) is 0.340. The highest BCUT2D eigenvalue weighted by Crippen LogP contribution is 2.28. The third-order valence-electron chi connectivity index (χ3n) is 3.81. The highest BCUT2D eigenvalue weighted by Gasteiger charge is 2.22. The molecule has 4 nitrogen and oxygen atoms in total. The van der Waals surface area contributed by atoms with Gasteiger partial charge in [0.25, 0.3) is 5.91 Å². The van der Waals surface area contributed by atoms with Crippen LogP contribution in [-0.4, -0.2) is 23.2 Å². The molecule has 0 saturated heterocycles. The van der Waals surface area contributed by atoms with E-state index in [0.29, 0.717) is 10.8 Å². The molecular weight excluding hydrogens is 290 g/mol. The summed E-state index contributed by atoms with van der Waals surface area (Å²) in [6.07, 6.45) is 3.25. The van der Waals surface area contributed by atoms with Gasteiger partial charge in [0, 0.05) is 6.04 Å². The van der Waals surface area contributed by atoms with Crippen LogP contribution in [0.15, 0.2) is 18.2 Å². The van der Waals surface area contributed by atoms with Gasteiger partial charge in [-0.1, -0.05) is 30.5 Å². The lowest BCUT2D eigenvalue weighted by Gasteiger charge is -2.19. The second-order valence-electron chi connectivity index (χ2n) is 5.62. The maximum atomic E-state index is 12.1. The van der Waals surface area contributed by atoms with Crippen LogP contribution in [0.2, 0.25) is 5.02 Å². The molecule has 0 radical (unpaired) electrons. The van der Waals surface area contributed by atoms with Gasteiger partial charge >= 0.3 is 0 Å². The minimum atomic E-state index is -0.597. The standard InChI is InChI=1S/C16H22ClNO3/c1-10(19)12-7-8-15(14(17)9-12)21-11(2)16(20)18-13-5-3-4-6-13/h7-11,13,19H,3-6H2,1-2H3,(H,18,20)/t10-,11?/m0/s1. The van der Waals surface area contributed by atoms with E-state index >= 15 is 0 Å². The fourth-order valence-electron chi connectivity index (χ4n) is 2.51. The molecule has 1 aromatic rings. The quantitative estimate of drug-likeness (QED) is 0.878. The number of carbonyl (C=O) groups excluding carboxylic acids is 1. The number of aliphatic hydroxyl groups excluding tert-OH is 1. The van der Waals surface area contributed by atoms with E-state index in [0.717, 1.165) is 18.4 Å². The van der Waals surface area contributed by atoms with E-state index in [2.05, 4.69) is 5.32 Å². The van der Waals surface area contributed by atoms with Crippen molar-refractivity contribution in [3.8, 4) is 5.75 Å². The first-order valence-electron chi connectivity index (χ1n) is 7.42. The first-order chi connectivity index (χ1) is 9.97. The van der Waals surface area contributed by atoms with Gasteiger partial charge in [-0.3, -0.25) is 4.79 Å². The molecule has 2 rings (SSSR count). The Balaban J connectivity index is 1.95. The Bertz CT molecular complexity index is 498. The number of halogens is 1. The molecule has 1 unspecified atom stereocenters. The summed E-state index contributed by atoms with van der Waals surface area (Å²) in [5.41, 5.74) is 0.718. The number of nitrogens with one attached hydrogen (secondary N) is 1. The fourth-order valence-corrected chi connectivity index (χ4v) is 2.74. The number of rotatable bonds is 5. The Morgan fingerprint density at radius 2 is 2.05 bits per heavy atom. The van der Waals surface area contributed by atoms with E-state index in [9.17, 15) is 9.90 Å². The molecule has 1 saturated carbocycles. The van der Waals surface area contributed by atoms with Crippen LogP contribution in [0.4, 0.5) is 0 Å². The molecule has 116 valence electrons. The van der Waals surface area contributed by atoms with E-state index in [4.69, 9.17) is 16.3 Å². The minimum Gasteiger partial charge on any atom is -0.479 e. The van der Waals surface area contributed by atoms with Gasteiger partial charge < -0.3 is 15.2 Å². The lowest BCUT2D eigenvalue weighted by atomic mass is 10.1. The summed E-state index contributed by atoms with van der Waals surface area (Å²) in [4.78, 5) is 12.1. The molecule has 1 fully saturated rings. The average Bonchev–Trinajstić information content (AvgIpc) is 2.93. The zero-order chi connectivity index (χ0) is 15.4. The molecule has 0 spiro atoms. The van der Waals surface area contributed by atoms with Crippen LogP contribution >= 0.6 is 11.6 Å². The highest BCUT2D eigenvalue weighted by molar-refractivity contribution is 6.32. The monoisotopic (exact) mass is 311 g/mol.